The second-order valence-electron chi connectivity index (χ2n) is 5.54. The van der Waals surface area contributed by atoms with Crippen LogP contribution in [0.2, 0.25) is 0 Å². The maximum atomic E-state index is 4.62. The van der Waals surface area contributed by atoms with Gasteiger partial charge in [0, 0.05) is 48.3 Å². The van der Waals surface area contributed by atoms with Crippen molar-refractivity contribution in [3.63, 3.8) is 0 Å². The fraction of sp³-hybridized carbons (Fsp3) is 0.278. The quantitative estimate of drug-likeness (QED) is 0.493. The molecule has 0 fully saturated rings. The Labute approximate surface area is 155 Å². The molecule has 7 heteroatoms. The van der Waals surface area contributed by atoms with Crippen LogP contribution in [0.1, 0.15) is 18.3 Å². The molecule has 0 radical (unpaired) electrons. The Morgan fingerprint density at radius 3 is 2.88 bits per heavy atom. The molecule has 0 unspecified atom stereocenters. The smallest absolute Gasteiger partial charge is 0.191 e. The number of nitrogens with zero attached hydrogens (tertiary/aromatic N) is 4. The molecule has 130 valence electrons. The molecule has 3 aromatic heterocycles. The molecule has 0 aliphatic heterocycles. The number of rotatable bonds is 6. The van der Waals surface area contributed by atoms with E-state index < -0.39 is 0 Å². The predicted octanol–water partition coefficient (Wildman–Crippen LogP) is 2.79. The first-order valence-corrected chi connectivity index (χ1v) is 9.09. The number of hydrogen-bond acceptors (Lipinski definition) is 3. The largest absolute Gasteiger partial charge is 0.357 e. The van der Waals surface area contributed by atoms with E-state index in [2.05, 4.69) is 48.4 Å². The summed E-state index contributed by atoms with van der Waals surface area (Å²) in [6.45, 7) is 4.17. The predicted molar refractivity (Wildman–Crippen MR) is 104 cm³/mol. The van der Waals surface area contributed by atoms with Gasteiger partial charge in [-0.3, -0.25) is 4.98 Å². The highest BCUT2D eigenvalue weighted by molar-refractivity contribution is 9.10. The van der Waals surface area contributed by atoms with E-state index in [-0.39, 0.29) is 0 Å². The van der Waals surface area contributed by atoms with Gasteiger partial charge in [-0.15, -0.1) is 0 Å². The molecule has 0 aliphatic rings. The number of hydrogen-bond donors (Lipinski definition) is 2. The van der Waals surface area contributed by atoms with Crippen LogP contribution >= 0.6 is 15.9 Å². The summed E-state index contributed by atoms with van der Waals surface area (Å²) in [4.78, 5) is 13.5. The molecule has 3 rings (SSSR count). The highest BCUT2D eigenvalue weighted by Gasteiger charge is 2.03. The molecule has 0 aromatic carbocycles. The summed E-state index contributed by atoms with van der Waals surface area (Å²) >= 11 is 3.47. The van der Waals surface area contributed by atoms with Crippen molar-refractivity contribution in [2.45, 2.75) is 19.9 Å². The van der Waals surface area contributed by atoms with Gasteiger partial charge < -0.3 is 15.0 Å². The van der Waals surface area contributed by atoms with E-state index in [1.54, 1.807) is 0 Å². The normalized spacial score (nSPS) is 11.7. The topological polar surface area (TPSA) is 66.6 Å². The van der Waals surface area contributed by atoms with Gasteiger partial charge in [-0.05, 0) is 47.1 Å². The fourth-order valence-electron chi connectivity index (χ4n) is 2.45. The Hall–Kier alpha value is -2.41. The van der Waals surface area contributed by atoms with Crippen molar-refractivity contribution in [1.29, 1.82) is 0 Å². The third-order valence-electron chi connectivity index (χ3n) is 3.61. The van der Waals surface area contributed by atoms with Crippen LogP contribution in [0.5, 0.6) is 0 Å². The Kier molecular flexibility index (Phi) is 6.00. The van der Waals surface area contributed by atoms with E-state index in [1.165, 1.54) is 0 Å². The zero-order valence-electron chi connectivity index (χ0n) is 14.1. The second kappa shape index (κ2) is 8.62. The van der Waals surface area contributed by atoms with Crippen molar-refractivity contribution < 1.29 is 0 Å². The molecule has 0 aliphatic carbocycles. The third-order valence-corrected chi connectivity index (χ3v) is 4.08. The average molecular weight is 401 g/mol. The van der Waals surface area contributed by atoms with Crippen molar-refractivity contribution in [2.75, 3.05) is 13.1 Å². The summed E-state index contributed by atoms with van der Waals surface area (Å²) in [5, 5.41) is 6.60. The van der Waals surface area contributed by atoms with Crippen LogP contribution in [0.25, 0.3) is 5.65 Å². The lowest BCUT2D eigenvalue weighted by molar-refractivity contribution is 0.786. The summed E-state index contributed by atoms with van der Waals surface area (Å²) in [5.41, 5.74) is 2.92. The van der Waals surface area contributed by atoms with Gasteiger partial charge in [-0.25, -0.2) is 9.98 Å². The van der Waals surface area contributed by atoms with Gasteiger partial charge in [0.25, 0.3) is 0 Å². The molecule has 0 atom stereocenters. The molecule has 0 saturated carbocycles. The molecule has 2 N–H and O–H groups in total. The Morgan fingerprint density at radius 2 is 2.08 bits per heavy atom. The highest BCUT2D eigenvalue weighted by Crippen LogP contribution is 2.12. The average Bonchev–Trinajstić information content (AvgIpc) is 3.02. The number of aromatic nitrogens is 3. The van der Waals surface area contributed by atoms with Gasteiger partial charge in [-0.2, -0.15) is 0 Å². The van der Waals surface area contributed by atoms with E-state index in [0.717, 1.165) is 47.0 Å². The summed E-state index contributed by atoms with van der Waals surface area (Å²) in [6, 6.07) is 9.92. The molecule has 0 bridgehead atoms. The SMILES string of the molecule is CCNC(=NCc1cn2cc(Br)ccc2n1)NCCc1ccccn1. The van der Waals surface area contributed by atoms with Crippen LogP contribution in [0.4, 0.5) is 0 Å². The van der Waals surface area contributed by atoms with Crippen LogP contribution in [-0.2, 0) is 13.0 Å². The zero-order chi connectivity index (χ0) is 17.5. The van der Waals surface area contributed by atoms with E-state index in [1.807, 2.05) is 53.3 Å². The van der Waals surface area contributed by atoms with Crippen molar-refractivity contribution in [3.8, 4) is 0 Å². The number of nitrogens with one attached hydrogen (secondary N) is 2. The maximum absolute atomic E-state index is 4.62. The lowest BCUT2D eigenvalue weighted by atomic mass is 10.3. The summed E-state index contributed by atoms with van der Waals surface area (Å²) in [7, 11) is 0. The van der Waals surface area contributed by atoms with Crippen LogP contribution in [0, 0.1) is 0 Å². The molecule has 0 saturated heterocycles. The minimum Gasteiger partial charge on any atom is -0.357 e. The molecule has 3 aromatic rings. The van der Waals surface area contributed by atoms with Gasteiger partial charge in [0.2, 0.25) is 0 Å². The van der Waals surface area contributed by atoms with Crippen LogP contribution in [0.15, 0.2) is 58.4 Å². The number of halogens is 1. The lowest BCUT2D eigenvalue weighted by Gasteiger charge is -2.10. The molecule has 6 nitrogen and oxygen atoms in total. The van der Waals surface area contributed by atoms with Crippen LogP contribution in [0.3, 0.4) is 0 Å². The van der Waals surface area contributed by atoms with Crippen LogP contribution < -0.4 is 10.6 Å². The molecule has 25 heavy (non-hydrogen) atoms. The first-order chi connectivity index (χ1) is 12.2. The lowest BCUT2D eigenvalue weighted by Crippen LogP contribution is -2.38. The first-order valence-electron chi connectivity index (χ1n) is 8.30. The summed E-state index contributed by atoms with van der Waals surface area (Å²) in [6.07, 6.45) is 6.66. The van der Waals surface area contributed by atoms with Crippen molar-refractivity contribution in [2.24, 2.45) is 4.99 Å². The molecule has 0 spiro atoms. The fourth-order valence-corrected chi connectivity index (χ4v) is 2.80. The molecular formula is C18H21BrN6. The Morgan fingerprint density at radius 1 is 1.16 bits per heavy atom. The van der Waals surface area contributed by atoms with E-state index in [4.69, 9.17) is 0 Å². The van der Waals surface area contributed by atoms with Gasteiger partial charge >= 0.3 is 0 Å². The van der Waals surface area contributed by atoms with Gasteiger partial charge in [-0.1, -0.05) is 6.07 Å². The first kappa shape index (κ1) is 17.4. The highest BCUT2D eigenvalue weighted by atomic mass is 79.9. The minimum atomic E-state index is 0.526. The third kappa shape index (κ3) is 5.03. The van der Waals surface area contributed by atoms with Gasteiger partial charge in [0.15, 0.2) is 5.96 Å². The minimum absolute atomic E-state index is 0.526. The summed E-state index contributed by atoms with van der Waals surface area (Å²) in [5.74, 6) is 0.789. The summed E-state index contributed by atoms with van der Waals surface area (Å²) < 4.78 is 3.02. The number of guanidine groups is 1. The maximum Gasteiger partial charge on any atom is 0.191 e. The number of fused-ring (bicyclic) bond motifs is 1. The monoisotopic (exact) mass is 400 g/mol. The van der Waals surface area contributed by atoms with E-state index in [9.17, 15) is 0 Å². The van der Waals surface area contributed by atoms with Gasteiger partial charge in [0.05, 0.1) is 12.2 Å². The second-order valence-corrected chi connectivity index (χ2v) is 6.45. The standard InChI is InChI=1S/C18H21BrN6/c1-2-20-18(22-10-8-15-5-3-4-9-21-15)23-11-16-13-25-12-14(19)6-7-17(25)24-16/h3-7,9,12-13H,2,8,10-11H2,1H3,(H2,20,22,23). The Balaban J connectivity index is 1.60. The van der Waals surface area contributed by atoms with Crippen LogP contribution in [-0.4, -0.2) is 33.4 Å². The van der Waals surface area contributed by atoms with E-state index in [0.29, 0.717) is 6.54 Å². The molecule has 0 amide bonds. The van der Waals surface area contributed by atoms with Crippen molar-refractivity contribution >= 4 is 27.5 Å². The molecule has 3 heterocycles. The number of imidazole rings is 1. The zero-order valence-corrected chi connectivity index (χ0v) is 15.7. The van der Waals surface area contributed by atoms with Crippen molar-refractivity contribution in [1.82, 2.24) is 25.0 Å². The Bertz CT molecular complexity index is 843. The van der Waals surface area contributed by atoms with Gasteiger partial charge in [0.1, 0.15) is 5.65 Å². The number of pyridine rings is 2. The molecular weight excluding hydrogens is 380 g/mol. The number of aliphatic imine (C=N–C) groups is 1. The van der Waals surface area contributed by atoms with Crippen molar-refractivity contribution in [3.05, 3.63) is 64.8 Å². The van der Waals surface area contributed by atoms with E-state index >= 15 is 0 Å².